The Morgan fingerprint density at radius 2 is 1.65 bits per heavy atom. The Hall–Kier alpha value is -2.48. The fourth-order valence-electron chi connectivity index (χ4n) is 2.55. The van der Waals surface area contributed by atoms with E-state index in [9.17, 15) is 5.11 Å². The van der Waals surface area contributed by atoms with Gasteiger partial charge in [0.05, 0.1) is 0 Å². The average Bonchev–Trinajstić information content (AvgIpc) is 2.46. The van der Waals surface area contributed by atoms with Crippen molar-refractivity contribution in [1.29, 1.82) is 0 Å². The van der Waals surface area contributed by atoms with Gasteiger partial charge in [-0.05, 0) is 35.4 Å². The first-order valence-corrected chi connectivity index (χ1v) is 6.77. The molecule has 0 amide bonds. The molecule has 2 N–H and O–H groups in total. The van der Waals surface area contributed by atoms with Gasteiger partial charge in [0.25, 0.3) is 0 Å². The average molecular weight is 263 g/mol. The van der Waals surface area contributed by atoms with Crippen LogP contribution in [0.3, 0.4) is 0 Å². The molecule has 0 aliphatic heterocycles. The summed E-state index contributed by atoms with van der Waals surface area (Å²) in [6.07, 6.45) is 0. The Bertz CT molecular complexity index is 731. The summed E-state index contributed by atoms with van der Waals surface area (Å²) in [7, 11) is 0. The molecule has 0 fully saturated rings. The highest BCUT2D eigenvalue weighted by Gasteiger charge is 2.09. The van der Waals surface area contributed by atoms with Crippen LogP contribution in [-0.2, 0) is 0 Å². The lowest BCUT2D eigenvalue weighted by Gasteiger charge is -2.18. The topological polar surface area (TPSA) is 32.3 Å². The lowest BCUT2D eigenvalue weighted by molar-refractivity contribution is 0.475. The van der Waals surface area contributed by atoms with E-state index in [4.69, 9.17) is 0 Å². The lowest BCUT2D eigenvalue weighted by atomic mass is 9.99. The van der Waals surface area contributed by atoms with Gasteiger partial charge in [-0.2, -0.15) is 0 Å². The smallest absolute Gasteiger partial charge is 0.117 e. The Kier molecular flexibility index (Phi) is 3.30. The third kappa shape index (κ3) is 2.45. The van der Waals surface area contributed by atoms with Crippen LogP contribution in [0, 0.1) is 0 Å². The van der Waals surface area contributed by atoms with Gasteiger partial charge in [-0.1, -0.05) is 48.5 Å². The zero-order valence-corrected chi connectivity index (χ0v) is 11.4. The highest BCUT2D eigenvalue weighted by atomic mass is 16.3. The van der Waals surface area contributed by atoms with Gasteiger partial charge in [0, 0.05) is 17.8 Å². The van der Waals surface area contributed by atoms with Gasteiger partial charge in [0.2, 0.25) is 0 Å². The standard InChI is InChI=1S/C18H17NO/c1-13(19-15-8-5-9-16(20)12-15)17-11-4-7-14-6-2-3-10-18(14)17/h2-13,19-20H,1H3. The number of aromatic hydroxyl groups is 1. The molecule has 2 heteroatoms. The van der Waals surface area contributed by atoms with Crippen LogP contribution in [0.15, 0.2) is 66.7 Å². The summed E-state index contributed by atoms with van der Waals surface area (Å²) in [5.74, 6) is 0.278. The van der Waals surface area contributed by atoms with E-state index in [1.165, 1.54) is 16.3 Å². The summed E-state index contributed by atoms with van der Waals surface area (Å²) in [4.78, 5) is 0. The summed E-state index contributed by atoms with van der Waals surface area (Å²) < 4.78 is 0. The van der Waals surface area contributed by atoms with Crippen LogP contribution in [0.5, 0.6) is 5.75 Å². The zero-order chi connectivity index (χ0) is 13.9. The number of rotatable bonds is 3. The second-order valence-electron chi connectivity index (χ2n) is 4.98. The van der Waals surface area contributed by atoms with Crippen LogP contribution in [0.4, 0.5) is 5.69 Å². The van der Waals surface area contributed by atoms with Crippen LogP contribution < -0.4 is 5.32 Å². The normalized spacial score (nSPS) is 12.2. The molecular formula is C18H17NO. The number of hydrogen-bond acceptors (Lipinski definition) is 2. The molecule has 1 atom stereocenters. The third-order valence-electron chi connectivity index (χ3n) is 3.52. The molecule has 0 aliphatic rings. The fourth-order valence-corrected chi connectivity index (χ4v) is 2.55. The van der Waals surface area contributed by atoms with Crippen molar-refractivity contribution >= 4 is 16.5 Å². The maximum atomic E-state index is 9.53. The number of hydrogen-bond donors (Lipinski definition) is 2. The van der Waals surface area contributed by atoms with E-state index in [1.807, 2.05) is 12.1 Å². The van der Waals surface area contributed by atoms with Gasteiger partial charge in [0.1, 0.15) is 5.75 Å². The first-order chi connectivity index (χ1) is 9.74. The number of phenolic OH excluding ortho intramolecular Hbond substituents is 1. The molecule has 3 rings (SSSR count). The van der Waals surface area contributed by atoms with Crippen LogP contribution in [0.2, 0.25) is 0 Å². The van der Waals surface area contributed by atoms with E-state index in [0.717, 1.165) is 5.69 Å². The minimum atomic E-state index is 0.169. The second-order valence-corrected chi connectivity index (χ2v) is 4.98. The van der Waals surface area contributed by atoms with Crippen molar-refractivity contribution in [3.8, 4) is 5.75 Å². The SMILES string of the molecule is CC(Nc1cccc(O)c1)c1cccc2ccccc12. The molecule has 0 spiro atoms. The van der Waals surface area contributed by atoms with Crippen LogP contribution >= 0.6 is 0 Å². The van der Waals surface area contributed by atoms with Crippen molar-refractivity contribution < 1.29 is 5.11 Å². The summed E-state index contributed by atoms with van der Waals surface area (Å²) in [5.41, 5.74) is 2.18. The summed E-state index contributed by atoms with van der Waals surface area (Å²) >= 11 is 0. The number of anilines is 1. The minimum Gasteiger partial charge on any atom is -0.508 e. The first-order valence-electron chi connectivity index (χ1n) is 6.77. The third-order valence-corrected chi connectivity index (χ3v) is 3.52. The summed E-state index contributed by atoms with van der Waals surface area (Å²) in [6.45, 7) is 2.13. The van der Waals surface area contributed by atoms with Crippen molar-refractivity contribution in [3.63, 3.8) is 0 Å². The van der Waals surface area contributed by atoms with Gasteiger partial charge in [0.15, 0.2) is 0 Å². The number of benzene rings is 3. The lowest BCUT2D eigenvalue weighted by Crippen LogP contribution is -2.06. The van der Waals surface area contributed by atoms with Gasteiger partial charge in [-0.25, -0.2) is 0 Å². The molecule has 0 radical (unpaired) electrons. The Morgan fingerprint density at radius 3 is 2.50 bits per heavy atom. The van der Waals surface area contributed by atoms with E-state index in [-0.39, 0.29) is 11.8 Å². The molecule has 100 valence electrons. The van der Waals surface area contributed by atoms with Crippen molar-refractivity contribution in [2.45, 2.75) is 13.0 Å². The van der Waals surface area contributed by atoms with E-state index >= 15 is 0 Å². The maximum absolute atomic E-state index is 9.53. The predicted molar refractivity (Wildman–Crippen MR) is 84.1 cm³/mol. The number of nitrogens with one attached hydrogen (secondary N) is 1. The molecule has 1 unspecified atom stereocenters. The van der Waals surface area contributed by atoms with Crippen LogP contribution in [0.1, 0.15) is 18.5 Å². The molecule has 0 aliphatic carbocycles. The van der Waals surface area contributed by atoms with Crippen molar-refractivity contribution in [3.05, 3.63) is 72.3 Å². The molecule has 0 heterocycles. The molecular weight excluding hydrogens is 246 g/mol. The van der Waals surface area contributed by atoms with Crippen LogP contribution in [0.25, 0.3) is 10.8 Å². The molecule has 3 aromatic carbocycles. The fraction of sp³-hybridized carbons (Fsp3) is 0.111. The zero-order valence-electron chi connectivity index (χ0n) is 11.4. The highest BCUT2D eigenvalue weighted by Crippen LogP contribution is 2.27. The quantitative estimate of drug-likeness (QED) is 0.716. The van der Waals surface area contributed by atoms with Crippen LogP contribution in [-0.4, -0.2) is 5.11 Å². The summed E-state index contributed by atoms with van der Waals surface area (Å²) in [5, 5.41) is 15.5. The van der Waals surface area contributed by atoms with E-state index < -0.39 is 0 Å². The highest BCUT2D eigenvalue weighted by molar-refractivity contribution is 5.86. The van der Waals surface area contributed by atoms with E-state index in [0.29, 0.717) is 0 Å². The molecule has 0 saturated carbocycles. The number of phenols is 1. The maximum Gasteiger partial charge on any atom is 0.117 e. The van der Waals surface area contributed by atoms with Gasteiger partial charge in [-0.15, -0.1) is 0 Å². The van der Waals surface area contributed by atoms with E-state index in [1.54, 1.807) is 12.1 Å². The Labute approximate surface area is 118 Å². The summed E-state index contributed by atoms with van der Waals surface area (Å²) in [6, 6.07) is 22.1. The van der Waals surface area contributed by atoms with Crippen molar-refractivity contribution in [1.82, 2.24) is 0 Å². The first kappa shape index (κ1) is 12.5. The Balaban J connectivity index is 1.94. The second kappa shape index (κ2) is 5.25. The van der Waals surface area contributed by atoms with Gasteiger partial charge in [-0.3, -0.25) is 0 Å². The van der Waals surface area contributed by atoms with Crippen molar-refractivity contribution in [2.75, 3.05) is 5.32 Å². The predicted octanol–water partition coefficient (Wildman–Crippen LogP) is 4.72. The van der Waals surface area contributed by atoms with Gasteiger partial charge < -0.3 is 10.4 Å². The Morgan fingerprint density at radius 1 is 0.900 bits per heavy atom. The molecule has 3 aromatic rings. The number of fused-ring (bicyclic) bond motifs is 1. The largest absolute Gasteiger partial charge is 0.508 e. The van der Waals surface area contributed by atoms with Gasteiger partial charge >= 0.3 is 0 Å². The molecule has 2 nitrogen and oxygen atoms in total. The molecule has 0 saturated heterocycles. The molecule has 0 bridgehead atoms. The van der Waals surface area contributed by atoms with Crippen molar-refractivity contribution in [2.24, 2.45) is 0 Å². The minimum absolute atomic E-state index is 0.169. The monoisotopic (exact) mass is 263 g/mol. The molecule has 20 heavy (non-hydrogen) atoms. The van der Waals surface area contributed by atoms with E-state index in [2.05, 4.69) is 54.7 Å². The molecule has 0 aromatic heterocycles.